The van der Waals surface area contributed by atoms with Crippen LogP contribution in [0, 0.1) is 24.5 Å². The number of anilines is 1. The molecule has 16 heteroatoms. The number of ether oxygens (including phenoxy) is 1. The van der Waals surface area contributed by atoms with E-state index in [4.69, 9.17) is 16.3 Å². The molecular weight excluding hydrogens is 710 g/mol. The lowest BCUT2D eigenvalue weighted by molar-refractivity contribution is -0.894. The van der Waals surface area contributed by atoms with E-state index in [1.54, 1.807) is 40.8 Å². The number of likely N-dealkylation sites (tertiary alicyclic amines) is 1. The van der Waals surface area contributed by atoms with Gasteiger partial charge in [-0.1, -0.05) is 17.7 Å². The second-order valence-corrected chi connectivity index (χ2v) is 14.6. The summed E-state index contributed by atoms with van der Waals surface area (Å²) in [5.74, 6) is -2.98. The van der Waals surface area contributed by atoms with Gasteiger partial charge >= 0.3 is 0 Å². The third-order valence-electron chi connectivity index (χ3n) is 10.3. The molecule has 2 aromatic heterocycles. The van der Waals surface area contributed by atoms with Crippen LogP contribution in [0.1, 0.15) is 33.1 Å². The fourth-order valence-corrected chi connectivity index (χ4v) is 7.63. The number of carbonyl (C=O) groups is 3. The zero-order chi connectivity index (χ0) is 38.2. The molecule has 2 saturated heterocycles. The van der Waals surface area contributed by atoms with Crippen molar-refractivity contribution >= 4 is 35.0 Å². The minimum atomic E-state index is -1.09. The summed E-state index contributed by atoms with van der Waals surface area (Å²) in [6, 6.07) is 7.22. The number of carbonyl (C=O) groups excluding carboxylic acids is 3. The van der Waals surface area contributed by atoms with Gasteiger partial charge in [0.15, 0.2) is 23.5 Å². The first kappa shape index (κ1) is 38.0. The van der Waals surface area contributed by atoms with E-state index < -0.39 is 17.5 Å². The van der Waals surface area contributed by atoms with Crippen LogP contribution in [0.2, 0.25) is 5.02 Å². The lowest BCUT2D eigenvalue weighted by Crippen LogP contribution is -2.58. The highest BCUT2D eigenvalue weighted by Gasteiger charge is 2.47. The summed E-state index contributed by atoms with van der Waals surface area (Å²) in [4.78, 5) is 47.7. The summed E-state index contributed by atoms with van der Waals surface area (Å²) in [5, 5.41) is 16.8. The largest absolute Gasteiger partial charge is 0.396 e. The molecule has 13 nitrogen and oxygen atoms in total. The molecular formula is C37H44ClF2N8O5+. The Morgan fingerprint density at radius 3 is 2.38 bits per heavy atom. The van der Waals surface area contributed by atoms with Crippen molar-refractivity contribution in [2.24, 2.45) is 13.0 Å². The second-order valence-electron chi connectivity index (χ2n) is 14.2. The average Bonchev–Trinajstić information content (AvgIpc) is 3.80. The molecule has 4 aromatic rings. The van der Waals surface area contributed by atoms with E-state index in [0.717, 1.165) is 6.54 Å². The van der Waals surface area contributed by atoms with Crippen LogP contribution in [0.5, 0.6) is 0 Å². The van der Waals surface area contributed by atoms with Gasteiger partial charge in [-0.15, -0.1) is 0 Å². The number of piperazine rings is 1. The Morgan fingerprint density at radius 2 is 1.72 bits per heavy atom. The van der Waals surface area contributed by atoms with E-state index in [9.17, 15) is 19.5 Å². The number of hydrogen-bond acceptors (Lipinski definition) is 7. The number of rotatable bonds is 10. The summed E-state index contributed by atoms with van der Waals surface area (Å²) >= 11 is 6.54. The average molecular weight is 754 g/mol. The molecule has 53 heavy (non-hydrogen) atoms. The number of aliphatic hydroxyl groups excluding tert-OH is 1. The van der Waals surface area contributed by atoms with E-state index in [-0.39, 0.29) is 63.6 Å². The smallest absolute Gasteiger partial charge is 0.291 e. The normalized spacial score (nSPS) is 18.4. The number of likely N-dealkylation sites (N-methyl/N-ethyl adjacent to an activating group) is 1. The monoisotopic (exact) mass is 753 g/mol. The molecule has 2 aromatic carbocycles. The van der Waals surface area contributed by atoms with Gasteiger partial charge in [-0.05, 0) is 31.2 Å². The lowest BCUT2D eigenvalue weighted by atomic mass is 10.0. The highest BCUT2D eigenvalue weighted by Crippen LogP contribution is 2.34. The highest BCUT2D eigenvalue weighted by molar-refractivity contribution is 6.34. The molecule has 0 spiro atoms. The van der Waals surface area contributed by atoms with Crippen molar-refractivity contribution in [1.29, 1.82) is 0 Å². The first-order valence-corrected chi connectivity index (χ1v) is 17.8. The van der Waals surface area contributed by atoms with E-state index in [2.05, 4.69) is 15.4 Å². The number of amides is 3. The Bertz CT molecular complexity index is 2040. The third kappa shape index (κ3) is 7.56. The van der Waals surface area contributed by atoms with Crippen molar-refractivity contribution < 1.29 is 37.5 Å². The molecule has 2 fully saturated rings. The maximum atomic E-state index is 15.5. The first-order valence-electron chi connectivity index (χ1n) is 17.4. The molecule has 0 saturated carbocycles. The molecule has 2 atom stereocenters. The van der Waals surface area contributed by atoms with Crippen LogP contribution in [-0.2, 0) is 23.1 Å². The van der Waals surface area contributed by atoms with Gasteiger partial charge in [0.25, 0.3) is 17.7 Å². The fourth-order valence-electron chi connectivity index (χ4n) is 7.37. The number of hydrogen-bond donors (Lipinski definition) is 2. The van der Waals surface area contributed by atoms with Crippen LogP contribution in [0.15, 0.2) is 42.7 Å². The van der Waals surface area contributed by atoms with Crippen LogP contribution in [0.25, 0.3) is 22.4 Å². The Hall–Kier alpha value is -4.70. The highest BCUT2D eigenvalue weighted by atomic mass is 35.5. The molecule has 0 radical (unpaired) electrons. The number of aliphatic hydroxyl groups is 1. The molecule has 0 bridgehead atoms. The molecule has 1 unspecified atom stereocenters. The maximum Gasteiger partial charge on any atom is 0.291 e. The zero-order valence-corrected chi connectivity index (χ0v) is 31.2. The molecule has 6 rings (SSSR count). The van der Waals surface area contributed by atoms with Crippen LogP contribution in [0.4, 0.5) is 14.5 Å². The summed E-state index contributed by atoms with van der Waals surface area (Å²) < 4.78 is 39.6. The quantitative estimate of drug-likeness (QED) is 0.235. The van der Waals surface area contributed by atoms with Gasteiger partial charge in [0.1, 0.15) is 0 Å². The minimum absolute atomic E-state index is 0.0414. The number of quaternary nitrogens is 1. The van der Waals surface area contributed by atoms with E-state index >= 15 is 8.78 Å². The molecule has 2 N–H and O–H groups in total. The fraction of sp³-hybridized carbons (Fsp3) is 0.432. The molecule has 282 valence electrons. The van der Waals surface area contributed by atoms with Gasteiger partial charge in [0.05, 0.1) is 68.6 Å². The molecule has 2 aliphatic rings. The number of nitrogens with one attached hydrogen (secondary N) is 1. The van der Waals surface area contributed by atoms with Crippen LogP contribution in [-0.4, -0.2) is 130 Å². The standard InChI is InChI=1S/C37H43ClF2N8O5/c1-22-28(19-47(43-22)14-15-53-5)25-8-9-27(33(40)32(25)39)30-18-41-34(44(30)2)35(50)42-24-6-7-26(29(38)17-24)36(51)45-10-12-46(13-11-45)37(52)31-16-23(21-49)20-48(31,3)4/h6-9,17-19,23,31,49H,10-16,20-21H2,1-5H3/p+1/t23?,31-/m0/s1. The zero-order valence-electron chi connectivity index (χ0n) is 30.4. The SMILES string of the molecule is COCCn1cc(-c2ccc(-c3cnc(C(=O)Nc4ccc(C(=O)N5CCN(C(=O)[C@@H]6CC(CO)C[N+]6(C)C)CC5)c(Cl)c4)n3C)c(F)c2F)c(C)n1. The van der Waals surface area contributed by atoms with Crippen molar-refractivity contribution in [1.82, 2.24) is 29.1 Å². The van der Waals surface area contributed by atoms with Crippen molar-refractivity contribution in [2.45, 2.75) is 25.9 Å². The molecule has 2 aliphatic heterocycles. The second kappa shape index (κ2) is 15.3. The van der Waals surface area contributed by atoms with Gasteiger partial charge in [-0.3, -0.25) is 19.1 Å². The number of aryl methyl sites for hydroxylation is 1. The Balaban J connectivity index is 1.09. The van der Waals surface area contributed by atoms with Crippen molar-refractivity contribution in [2.75, 3.05) is 72.5 Å². The summed E-state index contributed by atoms with van der Waals surface area (Å²) in [5.41, 5.74) is 1.72. The molecule has 3 amide bonds. The first-order chi connectivity index (χ1) is 25.2. The minimum Gasteiger partial charge on any atom is -0.396 e. The van der Waals surface area contributed by atoms with Gasteiger partial charge in [-0.2, -0.15) is 5.10 Å². The van der Waals surface area contributed by atoms with E-state index in [1.165, 1.54) is 42.1 Å². The predicted octanol–water partition coefficient (Wildman–Crippen LogP) is 3.83. The Morgan fingerprint density at radius 1 is 1.04 bits per heavy atom. The van der Waals surface area contributed by atoms with Gasteiger partial charge in [-0.25, -0.2) is 13.8 Å². The molecule has 4 heterocycles. The number of methoxy groups -OCH3 is 1. The van der Waals surface area contributed by atoms with Crippen molar-refractivity contribution in [3.05, 3.63) is 76.5 Å². The van der Waals surface area contributed by atoms with Gasteiger partial charge in [0.2, 0.25) is 0 Å². The van der Waals surface area contributed by atoms with Gasteiger partial charge in [0, 0.05) is 81.2 Å². The van der Waals surface area contributed by atoms with Crippen LogP contribution >= 0.6 is 11.6 Å². The van der Waals surface area contributed by atoms with Crippen molar-refractivity contribution in [3.8, 4) is 22.4 Å². The summed E-state index contributed by atoms with van der Waals surface area (Å²) in [6.45, 7) is 4.87. The summed E-state index contributed by atoms with van der Waals surface area (Å²) in [7, 11) is 7.10. The topological polar surface area (TPSA) is 135 Å². The van der Waals surface area contributed by atoms with E-state index in [0.29, 0.717) is 67.2 Å². The number of halogens is 3. The maximum absolute atomic E-state index is 15.5. The Labute approximate surface area is 311 Å². The van der Waals surface area contributed by atoms with E-state index in [1.807, 2.05) is 14.1 Å². The number of nitrogens with zero attached hydrogens (tertiary/aromatic N) is 7. The van der Waals surface area contributed by atoms with Gasteiger partial charge < -0.3 is 34.0 Å². The third-order valence-corrected chi connectivity index (χ3v) is 10.6. The van der Waals surface area contributed by atoms with Crippen LogP contribution in [0.3, 0.4) is 0 Å². The van der Waals surface area contributed by atoms with Crippen molar-refractivity contribution in [3.63, 3.8) is 0 Å². The predicted molar refractivity (Wildman–Crippen MR) is 194 cm³/mol. The number of benzene rings is 2. The Kier molecular flexibility index (Phi) is 11.0. The summed E-state index contributed by atoms with van der Waals surface area (Å²) in [6.07, 6.45) is 3.57. The lowest BCUT2D eigenvalue weighted by Gasteiger charge is -2.38. The van der Waals surface area contributed by atoms with Crippen LogP contribution < -0.4 is 5.32 Å². The number of aromatic nitrogens is 4. The number of imidazole rings is 1. The molecule has 0 aliphatic carbocycles.